The van der Waals surface area contributed by atoms with E-state index in [1.165, 1.54) is 6.92 Å². The fourth-order valence-corrected chi connectivity index (χ4v) is 0.585. The smallest absolute Gasteiger partial charge is 1.00 e. The van der Waals surface area contributed by atoms with Gasteiger partial charge in [-0.15, -0.1) is 0 Å². The molecule has 0 saturated carbocycles. The van der Waals surface area contributed by atoms with Crippen LogP contribution in [0.4, 0.5) is 0 Å². The van der Waals surface area contributed by atoms with Gasteiger partial charge in [-0.25, -0.2) is 0 Å². The normalized spacial score (nSPS) is 10.7. The third kappa shape index (κ3) is 2.78. The number of hydrogen-bond acceptors (Lipinski definition) is 2. The Hall–Kier alpha value is 0.511. The summed E-state index contributed by atoms with van der Waals surface area (Å²) in [7, 11) is 0. The fraction of sp³-hybridized carbons (Fsp3) is 0.714. The van der Waals surface area contributed by atoms with Gasteiger partial charge in [0, 0.05) is 0 Å². The summed E-state index contributed by atoms with van der Waals surface area (Å²) in [5.74, 6) is -3.00. The van der Waals surface area contributed by atoms with Crippen LogP contribution in [0.5, 0.6) is 0 Å². The molecule has 2 N–H and O–H groups in total. The van der Waals surface area contributed by atoms with Crippen molar-refractivity contribution in [3.05, 3.63) is 0 Å². The molecule has 0 aliphatic carbocycles. The van der Waals surface area contributed by atoms with Gasteiger partial charge in [-0.05, 0) is 12.8 Å². The molecular formula is C7H14BaO4. The molecule has 0 bridgehead atoms. The van der Waals surface area contributed by atoms with Crippen LogP contribution in [0.2, 0.25) is 0 Å². The largest absolute Gasteiger partial charge is 2.00 e. The van der Waals surface area contributed by atoms with Crippen LogP contribution >= 0.6 is 0 Å². The summed E-state index contributed by atoms with van der Waals surface area (Å²) in [6.07, 6.45) is 0. The first-order valence-electron chi connectivity index (χ1n) is 3.30. The topological polar surface area (TPSA) is 74.6 Å². The van der Waals surface area contributed by atoms with Crippen molar-refractivity contribution in [2.45, 2.75) is 20.8 Å². The van der Waals surface area contributed by atoms with Crippen LogP contribution in [0.3, 0.4) is 0 Å². The maximum atomic E-state index is 10.5. The molecule has 0 aliphatic rings. The number of carboxylic acid groups (broad SMARTS) is 2. The number of aliphatic carboxylic acids is 2. The summed E-state index contributed by atoms with van der Waals surface area (Å²) in [5, 5.41) is 17.2. The third-order valence-corrected chi connectivity index (χ3v) is 2.04. The fourth-order valence-electron chi connectivity index (χ4n) is 0.585. The van der Waals surface area contributed by atoms with E-state index in [4.69, 9.17) is 10.2 Å². The molecule has 68 valence electrons. The van der Waals surface area contributed by atoms with Crippen LogP contribution in [-0.4, -0.2) is 71.0 Å². The van der Waals surface area contributed by atoms with Gasteiger partial charge in [-0.3, -0.25) is 9.59 Å². The molecule has 0 aliphatic heterocycles. The van der Waals surface area contributed by atoms with Crippen molar-refractivity contribution in [1.29, 1.82) is 0 Å². The zero-order valence-corrected chi connectivity index (χ0v) is 11.9. The summed E-state index contributed by atoms with van der Waals surface area (Å²) in [6.45, 7) is 4.35. The number of carbonyl (C=O) groups is 2. The summed E-state index contributed by atoms with van der Waals surface area (Å²) in [6, 6.07) is 0. The molecular weight excluding hydrogens is 285 g/mol. The molecule has 0 saturated heterocycles. The quantitative estimate of drug-likeness (QED) is 0.593. The zero-order valence-electron chi connectivity index (χ0n) is 9.50. The molecule has 0 unspecified atom stereocenters. The van der Waals surface area contributed by atoms with Gasteiger partial charge >= 0.3 is 60.8 Å². The monoisotopic (exact) mass is 300 g/mol. The maximum Gasteiger partial charge on any atom is 2.00 e. The van der Waals surface area contributed by atoms with Crippen LogP contribution in [0.25, 0.3) is 0 Å². The van der Waals surface area contributed by atoms with E-state index in [0.29, 0.717) is 0 Å². The first kappa shape index (κ1) is 15.0. The Balaban J connectivity index is -0.000000167. The van der Waals surface area contributed by atoms with Crippen LogP contribution in [0.15, 0.2) is 0 Å². The molecule has 0 amide bonds. The second-order valence-corrected chi connectivity index (χ2v) is 2.97. The van der Waals surface area contributed by atoms with E-state index >= 15 is 0 Å². The maximum absolute atomic E-state index is 10.5. The Morgan fingerprint density at radius 3 is 1.50 bits per heavy atom. The minimum atomic E-state index is -1.67. The van der Waals surface area contributed by atoms with E-state index in [1.54, 1.807) is 13.8 Å². The van der Waals surface area contributed by atoms with Crippen molar-refractivity contribution < 1.29 is 22.7 Å². The predicted octanol–water partition coefficient (Wildman–Crippen LogP) is 0.662. The van der Waals surface area contributed by atoms with Gasteiger partial charge in [0.15, 0.2) is 5.41 Å². The Morgan fingerprint density at radius 2 is 1.50 bits per heavy atom. The predicted molar refractivity (Wildman–Crippen MR) is 46.2 cm³/mol. The zero-order chi connectivity index (χ0) is 9.23. The molecule has 12 heavy (non-hydrogen) atoms. The summed E-state index contributed by atoms with van der Waals surface area (Å²) in [4.78, 5) is 21.0. The molecule has 0 spiro atoms. The van der Waals surface area contributed by atoms with Gasteiger partial charge < -0.3 is 13.1 Å². The molecule has 0 radical (unpaired) electrons. The van der Waals surface area contributed by atoms with E-state index in [9.17, 15) is 9.59 Å². The van der Waals surface area contributed by atoms with Gasteiger partial charge in [0.25, 0.3) is 0 Å². The molecule has 0 aromatic rings. The summed E-state index contributed by atoms with van der Waals surface area (Å²) in [5.41, 5.74) is -1.67. The van der Waals surface area contributed by atoms with Gasteiger partial charge in [0.2, 0.25) is 0 Å². The Morgan fingerprint density at radius 1 is 1.25 bits per heavy atom. The molecule has 0 aromatic carbocycles. The van der Waals surface area contributed by atoms with Crippen LogP contribution in [-0.2, 0) is 9.59 Å². The van der Waals surface area contributed by atoms with Crippen LogP contribution in [0, 0.1) is 11.3 Å². The second kappa shape index (κ2) is 5.29. The van der Waals surface area contributed by atoms with E-state index in [0.717, 1.165) is 0 Å². The molecule has 0 heterocycles. The number of carboxylic acids is 2. The van der Waals surface area contributed by atoms with Gasteiger partial charge in [-0.1, -0.05) is 13.8 Å². The minimum Gasteiger partial charge on any atom is -1.00 e. The second-order valence-electron chi connectivity index (χ2n) is 2.97. The third-order valence-electron chi connectivity index (χ3n) is 2.04. The summed E-state index contributed by atoms with van der Waals surface area (Å²) < 4.78 is 0. The standard InChI is InChI=1S/C7H12O4.Ba.2H/c1-4(2)7(3,5(8)9)6(10)11;;;/h4H,1-3H3,(H,8,9)(H,10,11);;;/q;+2;2*-1. The van der Waals surface area contributed by atoms with Gasteiger partial charge in [-0.2, -0.15) is 0 Å². The summed E-state index contributed by atoms with van der Waals surface area (Å²) >= 11 is 0. The van der Waals surface area contributed by atoms with Crippen molar-refractivity contribution in [3.63, 3.8) is 0 Å². The molecule has 0 rings (SSSR count). The van der Waals surface area contributed by atoms with Crippen molar-refractivity contribution in [2.75, 3.05) is 0 Å². The van der Waals surface area contributed by atoms with Crippen molar-refractivity contribution in [1.82, 2.24) is 0 Å². The van der Waals surface area contributed by atoms with E-state index in [-0.39, 0.29) is 51.7 Å². The van der Waals surface area contributed by atoms with E-state index in [1.807, 2.05) is 0 Å². The SMILES string of the molecule is CC(C)C(C)(C(=O)O)C(=O)O.[Ba+2].[H-].[H-]. The first-order chi connectivity index (χ1) is 4.83. The van der Waals surface area contributed by atoms with Gasteiger partial charge in [0.1, 0.15) is 0 Å². The average Bonchev–Trinajstić information content (AvgIpc) is 1.84. The Bertz CT molecular complexity index is 182. The van der Waals surface area contributed by atoms with E-state index in [2.05, 4.69) is 0 Å². The molecule has 5 heteroatoms. The van der Waals surface area contributed by atoms with Crippen molar-refractivity contribution >= 4 is 60.8 Å². The molecule has 0 fully saturated rings. The molecule has 0 atom stereocenters. The number of hydrogen-bond donors (Lipinski definition) is 2. The first-order valence-corrected chi connectivity index (χ1v) is 3.30. The van der Waals surface area contributed by atoms with E-state index < -0.39 is 23.3 Å². The average molecular weight is 300 g/mol. The number of rotatable bonds is 3. The van der Waals surface area contributed by atoms with Crippen molar-refractivity contribution in [3.8, 4) is 0 Å². The molecule has 4 nitrogen and oxygen atoms in total. The molecule has 0 aromatic heterocycles. The van der Waals surface area contributed by atoms with Gasteiger partial charge in [0.05, 0.1) is 0 Å². The van der Waals surface area contributed by atoms with Crippen LogP contribution in [0.1, 0.15) is 23.6 Å². The van der Waals surface area contributed by atoms with Crippen LogP contribution < -0.4 is 0 Å². The minimum absolute atomic E-state index is 0. The Kier molecular flexibility index (Phi) is 6.61. The Labute approximate surface area is 114 Å². The van der Waals surface area contributed by atoms with Crippen molar-refractivity contribution in [2.24, 2.45) is 11.3 Å².